The zero-order valence-corrected chi connectivity index (χ0v) is 15.1. The van der Waals surface area contributed by atoms with Crippen LogP contribution in [0.25, 0.3) is 20.7 Å². The van der Waals surface area contributed by atoms with E-state index in [0.717, 1.165) is 10.4 Å². The number of hydrogen-bond acceptors (Lipinski definition) is 7. The van der Waals surface area contributed by atoms with Crippen molar-refractivity contribution in [2.45, 2.75) is 13.1 Å². The Hall–Kier alpha value is -2.91. The molecule has 0 spiro atoms. The molecule has 4 aromatic heterocycles. The maximum absolute atomic E-state index is 12.8. The van der Waals surface area contributed by atoms with Crippen LogP contribution in [0.3, 0.4) is 0 Å². The van der Waals surface area contributed by atoms with Crippen LogP contribution >= 0.6 is 22.7 Å². The van der Waals surface area contributed by atoms with Crippen molar-refractivity contribution >= 4 is 38.8 Å². The first-order valence-electron chi connectivity index (χ1n) is 7.75. The van der Waals surface area contributed by atoms with Gasteiger partial charge in [0.25, 0.3) is 5.56 Å². The van der Waals surface area contributed by atoms with E-state index in [-0.39, 0.29) is 24.6 Å². The second kappa shape index (κ2) is 7.14. The third kappa shape index (κ3) is 3.26. The molecular weight excluding hydrogens is 370 g/mol. The van der Waals surface area contributed by atoms with Crippen LogP contribution in [0.4, 0.5) is 0 Å². The van der Waals surface area contributed by atoms with Crippen molar-refractivity contribution in [3.8, 4) is 10.4 Å². The Kier molecular flexibility index (Phi) is 4.55. The second-order valence-corrected chi connectivity index (χ2v) is 7.23. The van der Waals surface area contributed by atoms with Crippen LogP contribution in [-0.4, -0.2) is 25.4 Å². The van der Waals surface area contributed by atoms with Crippen molar-refractivity contribution in [3.05, 3.63) is 63.9 Å². The van der Waals surface area contributed by atoms with Crippen LogP contribution < -0.4 is 10.9 Å². The number of aromatic nitrogens is 4. The molecule has 0 aliphatic heterocycles. The van der Waals surface area contributed by atoms with Gasteiger partial charge in [0.05, 0.1) is 18.3 Å². The fourth-order valence-electron chi connectivity index (χ4n) is 2.50. The quantitative estimate of drug-likeness (QED) is 0.571. The summed E-state index contributed by atoms with van der Waals surface area (Å²) in [6.07, 6.45) is 4.64. The molecule has 0 fully saturated rings. The number of nitrogens with zero attached hydrogens (tertiary/aromatic N) is 4. The van der Waals surface area contributed by atoms with Crippen LogP contribution in [0.2, 0.25) is 0 Å². The minimum atomic E-state index is -0.298. The van der Waals surface area contributed by atoms with Gasteiger partial charge in [0.1, 0.15) is 17.2 Å². The van der Waals surface area contributed by atoms with Gasteiger partial charge in [-0.15, -0.1) is 22.7 Å². The van der Waals surface area contributed by atoms with E-state index < -0.39 is 0 Å². The molecule has 0 atom stereocenters. The van der Waals surface area contributed by atoms with E-state index in [1.165, 1.54) is 22.2 Å². The number of carbonyl (C=O) groups is 1. The van der Waals surface area contributed by atoms with Crippen molar-refractivity contribution in [1.29, 1.82) is 0 Å². The monoisotopic (exact) mass is 383 g/mol. The first kappa shape index (κ1) is 16.6. The van der Waals surface area contributed by atoms with Gasteiger partial charge in [-0.05, 0) is 17.5 Å². The Bertz CT molecular complexity index is 1100. The number of thiophene rings is 2. The highest BCUT2D eigenvalue weighted by Crippen LogP contribution is 2.33. The van der Waals surface area contributed by atoms with Crippen LogP contribution in [-0.2, 0) is 17.9 Å². The van der Waals surface area contributed by atoms with Crippen molar-refractivity contribution in [2.24, 2.45) is 0 Å². The highest BCUT2D eigenvalue weighted by atomic mass is 32.1. The smallest absolute Gasteiger partial charge is 0.263 e. The van der Waals surface area contributed by atoms with Crippen molar-refractivity contribution < 1.29 is 4.79 Å². The molecular formula is C17H13N5O2S2. The molecule has 9 heteroatoms. The second-order valence-electron chi connectivity index (χ2n) is 5.43. The molecule has 4 heterocycles. The summed E-state index contributed by atoms with van der Waals surface area (Å²) in [5.74, 6) is 0.216. The molecule has 0 unspecified atom stereocenters. The molecule has 26 heavy (non-hydrogen) atoms. The highest BCUT2D eigenvalue weighted by Gasteiger charge is 2.15. The van der Waals surface area contributed by atoms with Gasteiger partial charge in [0.15, 0.2) is 0 Å². The number of carbonyl (C=O) groups excluding carboxylic acids is 1. The van der Waals surface area contributed by atoms with Crippen molar-refractivity contribution in [1.82, 2.24) is 24.8 Å². The molecule has 4 rings (SSSR count). The van der Waals surface area contributed by atoms with Gasteiger partial charge < -0.3 is 5.32 Å². The summed E-state index contributed by atoms with van der Waals surface area (Å²) < 4.78 is 1.33. The summed E-state index contributed by atoms with van der Waals surface area (Å²) in [7, 11) is 0. The summed E-state index contributed by atoms with van der Waals surface area (Å²) >= 11 is 2.99. The van der Waals surface area contributed by atoms with Crippen molar-refractivity contribution in [3.63, 3.8) is 0 Å². The highest BCUT2D eigenvalue weighted by molar-refractivity contribution is 7.18. The topological polar surface area (TPSA) is 89.8 Å². The Balaban J connectivity index is 1.57. The minimum absolute atomic E-state index is 0.103. The largest absolute Gasteiger partial charge is 0.347 e. The predicted octanol–water partition coefficient (Wildman–Crippen LogP) is 2.29. The first-order chi connectivity index (χ1) is 12.7. The molecule has 0 saturated carbocycles. The Labute approximate surface area is 156 Å². The molecule has 0 saturated heterocycles. The lowest BCUT2D eigenvalue weighted by Gasteiger charge is -2.07. The third-order valence-electron chi connectivity index (χ3n) is 3.72. The standard InChI is InChI=1S/C17H13N5O2S2/c23-14(20-7-13-18-4-2-5-19-13)8-22-10-21-16-15(17(22)24)11(9-26-16)12-3-1-6-25-12/h1-6,9-10H,7-8H2,(H,20,23). The lowest BCUT2D eigenvalue weighted by molar-refractivity contribution is -0.121. The zero-order valence-electron chi connectivity index (χ0n) is 13.5. The fourth-order valence-corrected chi connectivity index (χ4v) is 4.22. The summed E-state index contributed by atoms with van der Waals surface area (Å²) in [5.41, 5.74) is 0.649. The van der Waals surface area contributed by atoms with E-state index in [2.05, 4.69) is 20.3 Å². The maximum Gasteiger partial charge on any atom is 0.263 e. The van der Waals surface area contributed by atoms with E-state index in [0.29, 0.717) is 16.0 Å². The van der Waals surface area contributed by atoms with Gasteiger partial charge >= 0.3 is 0 Å². The SMILES string of the molecule is O=C(Cn1cnc2scc(-c3cccs3)c2c1=O)NCc1ncccn1. The van der Waals surface area contributed by atoms with E-state index >= 15 is 0 Å². The fraction of sp³-hybridized carbons (Fsp3) is 0.118. The van der Waals surface area contributed by atoms with E-state index in [9.17, 15) is 9.59 Å². The van der Waals surface area contributed by atoms with Crippen LogP contribution in [0.15, 0.2) is 52.5 Å². The minimum Gasteiger partial charge on any atom is -0.347 e. The van der Waals surface area contributed by atoms with Gasteiger partial charge in [0, 0.05) is 28.2 Å². The Morgan fingerprint density at radius 1 is 1.15 bits per heavy atom. The van der Waals surface area contributed by atoms with Crippen LogP contribution in [0, 0.1) is 0 Å². The molecule has 0 aliphatic rings. The third-order valence-corrected chi connectivity index (χ3v) is 5.51. The molecule has 130 valence electrons. The summed E-state index contributed by atoms with van der Waals surface area (Å²) in [6.45, 7) is 0.108. The summed E-state index contributed by atoms with van der Waals surface area (Å²) in [4.78, 5) is 39.1. The molecule has 1 amide bonds. The molecule has 7 nitrogen and oxygen atoms in total. The van der Waals surface area contributed by atoms with Gasteiger partial charge in [0.2, 0.25) is 5.91 Å². The molecule has 0 radical (unpaired) electrons. The van der Waals surface area contributed by atoms with E-state index in [1.807, 2.05) is 22.9 Å². The predicted molar refractivity (Wildman–Crippen MR) is 101 cm³/mol. The van der Waals surface area contributed by atoms with Gasteiger partial charge in [-0.1, -0.05) is 6.07 Å². The number of nitrogens with one attached hydrogen (secondary N) is 1. The lowest BCUT2D eigenvalue weighted by atomic mass is 10.2. The molecule has 4 aromatic rings. The normalized spacial score (nSPS) is 10.9. The van der Waals surface area contributed by atoms with E-state index in [4.69, 9.17) is 0 Å². The molecule has 0 aliphatic carbocycles. The number of hydrogen-bond donors (Lipinski definition) is 1. The van der Waals surface area contributed by atoms with Crippen LogP contribution in [0.1, 0.15) is 5.82 Å². The van der Waals surface area contributed by atoms with E-state index in [1.54, 1.807) is 29.8 Å². The van der Waals surface area contributed by atoms with Crippen LogP contribution in [0.5, 0.6) is 0 Å². The molecule has 0 aromatic carbocycles. The summed E-state index contributed by atoms with van der Waals surface area (Å²) in [6, 6.07) is 5.62. The Morgan fingerprint density at radius 2 is 2.00 bits per heavy atom. The molecule has 1 N–H and O–H groups in total. The van der Waals surface area contributed by atoms with Gasteiger partial charge in [-0.3, -0.25) is 14.2 Å². The summed E-state index contributed by atoms with van der Waals surface area (Å²) in [5, 5.41) is 7.16. The zero-order chi connectivity index (χ0) is 17.9. The Morgan fingerprint density at radius 3 is 2.77 bits per heavy atom. The van der Waals surface area contributed by atoms with Gasteiger partial charge in [-0.2, -0.15) is 0 Å². The number of amides is 1. The molecule has 0 bridgehead atoms. The average molecular weight is 383 g/mol. The van der Waals surface area contributed by atoms with Crippen molar-refractivity contribution in [2.75, 3.05) is 0 Å². The number of rotatable bonds is 5. The number of fused-ring (bicyclic) bond motifs is 1. The maximum atomic E-state index is 12.8. The van der Waals surface area contributed by atoms with Gasteiger partial charge in [-0.25, -0.2) is 15.0 Å². The average Bonchev–Trinajstić information content (AvgIpc) is 3.32. The first-order valence-corrected chi connectivity index (χ1v) is 9.51. The lowest BCUT2D eigenvalue weighted by Crippen LogP contribution is -2.32.